The zero-order chi connectivity index (χ0) is 16.7. The van der Waals surface area contributed by atoms with Gasteiger partial charge < -0.3 is 9.30 Å². The van der Waals surface area contributed by atoms with Crippen molar-refractivity contribution in [2.45, 2.75) is 25.9 Å². The van der Waals surface area contributed by atoms with Crippen LogP contribution >= 0.6 is 11.6 Å². The van der Waals surface area contributed by atoms with Crippen molar-refractivity contribution in [1.29, 1.82) is 0 Å². The first-order valence-electron chi connectivity index (χ1n) is 8.04. The third-order valence-corrected chi connectivity index (χ3v) is 4.78. The van der Waals surface area contributed by atoms with E-state index < -0.39 is 0 Å². The van der Waals surface area contributed by atoms with E-state index in [4.69, 9.17) is 16.3 Å². The Hall–Kier alpha value is -2.27. The summed E-state index contributed by atoms with van der Waals surface area (Å²) >= 11 is 6.38. The first-order valence-corrected chi connectivity index (χ1v) is 8.42. The summed E-state index contributed by atoms with van der Waals surface area (Å²) in [5.41, 5.74) is 2.22. The van der Waals surface area contributed by atoms with E-state index in [1.165, 1.54) is 17.5 Å². The molecule has 0 N–H and O–H groups in total. The Bertz CT molecular complexity index is 939. The number of rotatable bonds is 5. The van der Waals surface area contributed by atoms with Crippen molar-refractivity contribution in [1.82, 2.24) is 14.3 Å². The van der Waals surface area contributed by atoms with Crippen molar-refractivity contribution in [3.8, 4) is 5.75 Å². The number of methoxy groups -OCH3 is 1. The Labute approximate surface area is 144 Å². The Morgan fingerprint density at radius 1 is 1.25 bits per heavy atom. The predicted octanol–water partition coefficient (Wildman–Crippen LogP) is 3.32. The molecule has 0 radical (unpaired) electrons. The fourth-order valence-electron chi connectivity index (χ4n) is 2.91. The summed E-state index contributed by atoms with van der Waals surface area (Å²) in [5, 5.41) is 4.74. The standard InChI is InChI=1S/C18H18ClN3O2/c1-24-14-6-4-13(5-7-14)11-22-18(23)16(19)17-15(20-22)8-9-21(17)10-12-2-3-12/h4-9,12H,2-3,10-11H2,1H3. The maximum atomic E-state index is 12.6. The maximum Gasteiger partial charge on any atom is 0.288 e. The van der Waals surface area contributed by atoms with Crippen molar-refractivity contribution in [2.75, 3.05) is 7.11 Å². The summed E-state index contributed by atoms with van der Waals surface area (Å²) < 4.78 is 8.63. The Kier molecular flexibility index (Phi) is 3.81. The predicted molar refractivity (Wildman–Crippen MR) is 93.8 cm³/mol. The maximum absolute atomic E-state index is 12.6. The summed E-state index contributed by atoms with van der Waals surface area (Å²) in [6.07, 6.45) is 4.47. The van der Waals surface area contributed by atoms with Gasteiger partial charge in [0.15, 0.2) is 0 Å². The van der Waals surface area contributed by atoms with Crippen LogP contribution in [0, 0.1) is 5.92 Å². The molecule has 4 rings (SSSR count). The summed E-state index contributed by atoms with van der Waals surface area (Å²) in [6, 6.07) is 9.50. The van der Waals surface area contributed by atoms with E-state index in [2.05, 4.69) is 9.67 Å². The first-order chi connectivity index (χ1) is 11.7. The van der Waals surface area contributed by atoms with Gasteiger partial charge in [0.2, 0.25) is 0 Å². The molecule has 1 saturated carbocycles. The van der Waals surface area contributed by atoms with Crippen molar-refractivity contribution in [2.24, 2.45) is 5.92 Å². The van der Waals surface area contributed by atoms with Gasteiger partial charge in [-0.15, -0.1) is 0 Å². The summed E-state index contributed by atoms with van der Waals surface area (Å²) in [5.74, 6) is 1.49. The number of nitrogens with zero attached hydrogens (tertiary/aromatic N) is 3. The number of hydrogen-bond acceptors (Lipinski definition) is 3. The van der Waals surface area contributed by atoms with E-state index in [9.17, 15) is 4.79 Å². The molecule has 5 nitrogen and oxygen atoms in total. The molecule has 0 amide bonds. The Morgan fingerprint density at radius 2 is 2.00 bits per heavy atom. The molecular formula is C18H18ClN3O2. The zero-order valence-corrected chi connectivity index (χ0v) is 14.2. The van der Waals surface area contributed by atoms with Gasteiger partial charge in [-0.05, 0) is 42.5 Å². The van der Waals surface area contributed by atoms with Crippen LogP contribution in [0.4, 0.5) is 0 Å². The van der Waals surface area contributed by atoms with Gasteiger partial charge in [-0.25, -0.2) is 4.68 Å². The summed E-state index contributed by atoms with van der Waals surface area (Å²) in [7, 11) is 1.63. The lowest BCUT2D eigenvalue weighted by Gasteiger charge is -2.09. The number of halogens is 1. The van der Waals surface area contributed by atoms with Gasteiger partial charge in [0, 0.05) is 12.7 Å². The molecule has 1 aromatic carbocycles. The summed E-state index contributed by atoms with van der Waals surface area (Å²) in [6.45, 7) is 1.29. The molecule has 124 valence electrons. The monoisotopic (exact) mass is 343 g/mol. The van der Waals surface area contributed by atoms with Crippen molar-refractivity contribution >= 4 is 22.6 Å². The van der Waals surface area contributed by atoms with Crippen molar-refractivity contribution < 1.29 is 4.74 Å². The second-order valence-electron chi connectivity index (χ2n) is 6.27. The second-order valence-corrected chi connectivity index (χ2v) is 6.65. The highest BCUT2D eigenvalue weighted by Crippen LogP contribution is 2.32. The molecule has 24 heavy (non-hydrogen) atoms. The minimum Gasteiger partial charge on any atom is -0.497 e. The molecule has 6 heteroatoms. The minimum absolute atomic E-state index is 0.249. The molecule has 0 saturated heterocycles. The van der Waals surface area contributed by atoms with Crippen molar-refractivity contribution in [3.05, 3.63) is 57.5 Å². The highest BCUT2D eigenvalue weighted by atomic mass is 35.5. The molecule has 2 heterocycles. The molecule has 0 unspecified atom stereocenters. The van der Waals surface area contributed by atoms with E-state index in [-0.39, 0.29) is 10.6 Å². The van der Waals surface area contributed by atoms with Gasteiger partial charge in [-0.1, -0.05) is 23.7 Å². The highest BCUT2D eigenvalue weighted by Gasteiger charge is 2.23. The van der Waals surface area contributed by atoms with Crippen LogP contribution in [-0.2, 0) is 13.1 Å². The third-order valence-electron chi connectivity index (χ3n) is 4.44. The molecule has 1 aliphatic carbocycles. The molecule has 0 atom stereocenters. The van der Waals surface area contributed by atoms with Crippen molar-refractivity contribution in [3.63, 3.8) is 0 Å². The van der Waals surface area contributed by atoms with E-state index >= 15 is 0 Å². The van der Waals surface area contributed by atoms with Crippen LogP contribution in [0.1, 0.15) is 18.4 Å². The van der Waals surface area contributed by atoms with E-state index in [0.717, 1.165) is 28.9 Å². The molecule has 2 aromatic heterocycles. The van der Waals surface area contributed by atoms with Gasteiger partial charge in [-0.3, -0.25) is 4.79 Å². The van der Waals surface area contributed by atoms with Gasteiger partial charge in [0.05, 0.1) is 19.2 Å². The number of fused-ring (bicyclic) bond motifs is 1. The molecule has 1 aliphatic rings. The van der Waals surface area contributed by atoms with Gasteiger partial charge in [0.1, 0.15) is 16.3 Å². The topological polar surface area (TPSA) is 49.0 Å². The lowest BCUT2D eigenvalue weighted by Crippen LogP contribution is -2.24. The fourth-order valence-corrected chi connectivity index (χ4v) is 3.22. The number of hydrogen-bond donors (Lipinski definition) is 0. The number of ether oxygens (including phenoxy) is 1. The normalized spacial score (nSPS) is 14.2. The number of aromatic nitrogens is 3. The smallest absolute Gasteiger partial charge is 0.288 e. The van der Waals surface area contributed by atoms with Crippen LogP contribution in [0.5, 0.6) is 5.75 Å². The lowest BCUT2D eigenvalue weighted by molar-refractivity contribution is 0.414. The molecule has 0 bridgehead atoms. The first kappa shape index (κ1) is 15.3. The molecule has 1 fully saturated rings. The average molecular weight is 344 g/mol. The van der Waals surface area contributed by atoms with Gasteiger partial charge in [-0.2, -0.15) is 5.10 Å². The fraction of sp³-hybridized carbons (Fsp3) is 0.333. The number of benzene rings is 1. The Balaban J connectivity index is 1.70. The zero-order valence-electron chi connectivity index (χ0n) is 13.4. The van der Waals surface area contributed by atoms with Crippen LogP contribution in [-0.4, -0.2) is 21.5 Å². The van der Waals surface area contributed by atoms with Crippen LogP contribution in [0.25, 0.3) is 11.0 Å². The average Bonchev–Trinajstić information content (AvgIpc) is 3.32. The van der Waals surface area contributed by atoms with Crippen LogP contribution < -0.4 is 10.3 Å². The largest absolute Gasteiger partial charge is 0.497 e. The minimum atomic E-state index is -0.254. The van der Waals surface area contributed by atoms with E-state index in [0.29, 0.717) is 12.5 Å². The molecule has 0 spiro atoms. The second kappa shape index (κ2) is 5.98. The van der Waals surface area contributed by atoms with Crippen LogP contribution in [0.2, 0.25) is 5.02 Å². The highest BCUT2D eigenvalue weighted by molar-refractivity contribution is 6.34. The molecule has 0 aliphatic heterocycles. The van der Waals surface area contributed by atoms with Gasteiger partial charge in [0.25, 0.3) is 5.56 Å². The molecular weight excluding hydrogens is 326 g/mol. The Morgan fingerprint density at radius 3 is 2.67 bits per heavy atom. The van der Waals surface area contributed by atoms with E-state index in [1.807, 2.05) is 36.5 Å². The lowest BCUT2D eigenvalue weighted by atomic mass is 10.2. The van der Waals surface area contributed by atoms with E-state index in [1.54, 1.807) is 7.11 Å². The third kappa shape index (κ3) is 2.80. The quantitative estimate of drug-likeness (QED) is 0.714. The van der Waals surface area contributed by atoms with Crippen LogP contribution in [0.3, 0.4) is 0 Å². The SMILES string of the molecule is COc1ccc(Cn2nc3ccn(CC4CC4)c3c(Cl)c2=O)cc1. The summed E-state index contributed by atoms with van der Waals surface area (Å²) in [4.78, 5) is 12.6. The van der Waals surface area contributed by atoms with Gasteiger partial charge >= 0.3 is 0 Å². The molecule has 3 aromatic rings. The van der Waals surface area contributed by atoms with Crippen LogP contribution in [0.15, 0.2) is 41.3 Å².